The number of aromatic nitrogens is 2. The first kappa shape index (κ1) is 29.4. The normalized spacial score (nSPS) is 14.8. The molecule has 1 aliphatic rings. The summed E-state index contributed by atoms with van der Waals surface area (Å²) in [5.74, 6) is 0.815. The molecule has 44 heavy (non-hydrogen) atoms. The molecule has 8 nitrogen and oxygen atoms in total. The molecule has 1 unspecified atom stereocenters. The predicted molar refractivity (Wildman–Crippen MR) is 175 cm³/mol. The highest BCUT2D eigenvalue weighted by molar-refractivity contribution is 6.02. The Balaban J connectivity index is 1.22. The van der Waals surface area contributed by atoms with Crippen molar-refractivity contribution in [2.45, 2.75) is 51.9 Å². The van der Waals surface area contributed by atoms with Crippen LogP contribution in [-0.2, 0) is 5.41 Å². The summed E-state index contributed by atoms with van der Waals surface area (Å²) >= 11 is 0. The highest BCUT2D eigenvalue weighted by Crippen LogP contribution is 2.36. The van der Waals surface area contributed by atoms with Crippen LogP contribution in [0.15, 0.2) is 89.3 Å². The second-order valence-corrected chi connectivity index (χ2v) is 12.7. The van der Waals surface area contributed by atoms with Crippen LogP contribution in [0.25, 0.3) is 16.7 Å². The maximum absolute atomic E-state index is 13.9. The Kier molecular flexibility index (Phi) is 8.10. The van der Waals surface area contributed by atoms with E-state index in [1.54, 1.807) is 4.68 Å². The average Bonchev–Trinajstić information content (AvgIpc) is 3.64. The third-order valence-electron chi connectivity index (χ3n) is 8.33. The number of carbonyl (C=O) groups excluding carboxylic acids is 2. The molecule has 8 heteroatoms. The van der Waals surface area contributed by atoms with E-state index < -0.39 is 0 Å². The quantitative estimate of drug-likeness (QED) is 0.168. The van der Waals surface area contributed by atoms with Gasteiger partial charge in [-0.15, -0.1) is 0 Å². The van der Waals surface area contributed by atoms with E-state index >= 15 is 0 Å². The maximum atomic E-state index is 13.9. The number of carbonyl (C=O) groups is 2. The summed E-state index contributed by atoms with van der Waals surface area (Å²) in [5, 5.41) is 15.1. The van der Waals surface area contributed by atoms with Crippen LogP contribution < -0.4 is 16.0 Å². The van der Waals surface area contributed by atoms with Crippen LogP contribution in [-0.4, -0.2) is 34.7 Å². The standard InChI is InChI=1S/C36H39N5O3/c1-23-9-15-28(16-10-23)41-32(22-31(40-41)36(2,3)4)39-35(43)38-27-13-11-24(12-14-27)33(25-17-19-37-20-18-25)34(42)30-21-26-7-5-6-8-29(26)44-30/h5-16,21-22,25,33,37H,17-20H2,1-4H3,(H2,38,39,43). The number of para-hydroxylation sites is 1. The van der Waals surface area contributed by atoms with Gasteiger partial charge in [0.25, 0.3) is 0 Å². The molecule has 1 atom stereocenters. The van der Waals surface area contributed by atoms with Gasteiger partial charge in [-0.25, -0.2) is 9.48 Å². The summed E-state index contributed by atoms with van der Waals surface area (Å²) in [6.07, 6.45) is 1.81. The van der Waals surface area contributed by atoms with Gasteiger partial charge in [0, 0.05) is 22.6 Å². The summed E-state index contributed by atoms with van der Waals surface area (Å²) in [4.78, 5) is 27.1. The van der Waals surface area contributed by atoms with Gasteiger partial charge in [0.05, 0.1) is 17.3 Å². The molecule has 3 N–H and O–H groups in total. The second-order valence-electron chi connectivity index (χ2n) is 12.7. The molecule has 3 heterocycles. The van der Waals surface area contributed by atoms with Crippen LogP contribution in [0.2, 0.25) is 0 Å². The first-order valence-corrected chi connectivity index (χ1v) is 15.2. The Morgan fingerprint density at radius 2 is 1.64 bits per heavy atom. The second kappa shape index (κ2) is 12.1. The monoisotopic (exact) mass is 589 g/mol. The van der Waals surface area contributed by atoms with Crippen molar-refractivity contribution in [3.63, 3.8) is 0 Å². The van der Waals surface area contributed by atoms with Crippen LogP contribution in [0.4, 0.5) is 16.3 Å². The molecule has 1 aliphatic heterocycles. The number of anilines is 2. The number of benzene rings is 3. The lowest BCUT2D eigenvalue weighted by atomic mass is 9.77. The van der Waals surface area contributed by atoms with E-state index in [-0.39, 0.29) is 29.1 Å². The summed E-state index contributed by atoms with van der Waals surface area (Å²) in [6.45, 7) is 10.1. The van der Waals surface area contributed by atoms with Gasteiger partial charge in [0.1, 0.15) is 11.4 Å². The number of urea groups is 1. The Morgan fingerprint density at radius 3 is 2.32 bits per heavy atom. The fourth-order valence-electron chi connectivity index (χ4n) is 5.84. The van der Waals surface area contributed by atoms with Gasteiger partial charge in [-0.3, -0.25) is 10.1 Å². The third kappa shape index (κ3) is 6.31. The van der Waals surface area contributed by atoms with E-state index in [9.17, 15) is 9.59 Å². The molecule has 2 amide bonds. The number of rotatable bonds is 7. The van der Waals surface area contributed by atoms with Crippen molar-refractivity contribution in [1.29, 1.82) is 0 Å². The minimum atomic E-state index is -0.375. The summed E-state index contributed by atoms with van der Waals surface area (Å²) in [7, 11) is 0. The number of hydrogen-bond donors (Lipinski definition) is 3. The molecule has 0 bridgehead atoms. The van der Waals surface area contributed by atoms with Crippen LogP contribution in [0, 0.1) is 12.8 Å². The Hall–Kier alpha value is -4.69. The number of nitrogens with one attached hydrogen (secondary N) is 3. The SMILES string of the molecule is Cc1ccc(-n2nc(C(C)(C)C)cc2NC(=O)Nc2ccc(C(C(=O)c3cc4ccccc4o3)C3CCNCC3)cc2)cc1. The smallest absolute Gasteiger partial charge is 0.324 e. The van der Waals surface area contributed by atoms with E-state index in [1.807, 2.05) is 91.9 Å². The zero-order chi connectivity index (χ0) is 30.8. The largest absolute Gasteiger partial charge is 0.453 e. The molecular weight excluding hydrogens is 550 g/mol. The number of Topliss-reactive ketones (excluding diaryl/α,β-unsaturated/α-hetero) is 1. The number of amides is 2. The van der Waals surface area contributed by atoms with Gasteiger partial charge in [-0.2, -0.15) is 5.10 Å². The van der Waals surface area contributed by atoms with Crippen LogP contribution in [0.5, 0.6) is 0 Å². The number of nitrogens with zero attached hydrogens (tertiary/aromatic N) is 2. The molecule has 5 aromatic rings. The Morgan fingerprint density at radius 1 is 0.932 bits per heavy atom. The lowest BCUT2D eigenvalue weighted by Crippen LogP contribution is -2.33. The fraction of sp³-hybridized carbons (Fsp3) is 0.306. The Labute approximate surface area is 257 Å². The summed E-state index contributed by atoms with van der Waals surface area (Å²) < 4.78 is 7.75. The van der Waals surface area contributed by atoms with Crippen molar-refractivity contribution < 1.29 is 14.0 Å². The third-order valence-corrected chi connectivity index (χ3v) is 8.33. The summed E-state index contributed by atoms with van der Waals surface area (Å²) in [5.41, 5.74) is 4.95. The minimum absolute atomic E-state index is 0.00873. The van der Waals surface area contributed by atoms with Crippen molar-refractivity contribution in [3.05, 3.63) is 108 Å². The van der Waals surface area contributed by atoms with Gasteiger partial charge in [0.15, 0.2) is 5.76 Å². The van der Waals surface area contributed by atoms with E-state index in [2.05, 4.69) is 36.7 Å². The number of ketones is 1. The van der Waals surface area contributed by atoms with Gasteiger partial charge < -0.3 is 15.1 Å². The lowest BCUT2D eigenvalue weighted by molar-refractivity contribution is 0.0890. The van der Waals surface area contributed by atoms with Gasteiger partial charge in [-0.05, 0) is 80.7 Å². The summed E-state index contributed by atoms with van der Waals surface area (Å²) in [6, 6.07) is 26.7. The number of fused-ring (bicyclic) bond motifs is 1. The number of piperidine rings is 1. The van der Waals surface area contributed by atoms with Crippen LogP contribution in [0.3, 0.4) is 0 Å². The minimum Gasteiger partial charge on any atom is -0.453 e. The Bertz CT molecular complexity index is 1740. The van der Waals surface area contributed by atoms with Gasteiger partial charge in [0.2, 0.25) is 5.78 Å². The molecule has 0 radical (unpaired) electrons. The van der Waals surface area contributed by atoms with Crippen LogP contribution >= 0.6 is 0 Å². The topological polar surface area (TPSA) is 101 Å². The highest BCUT2D eigenvalue weighted by atomic mass is 16.3. The molecule has 3 aromatic carbocycles. The molecule has 1 saturated heterocycles. The van der Waals surface area contributed by atoms with Gasteiger partial charge >= 0.3 is 6.03 Å². The first-order valence-electron chi connectivity index (χ1n) is 15.2. The zero-order valence-electron chi connectivity index (χ0n) is 25.7. The van der Waals surface area contributed by atoms with Gasteiger partial charge in [-0.1, -0.05) is 68.8 Å². The maximum Gasteiger partial charge on any atom is 0.324 e. The zero-order valence-corrected chi connectivity index (χ0v) is 25.7. The first-order chi connectivity index (χ1) is 21.2. The van der Waals surface area contributed by atoms with E-state index in [0.29, 0.717) is 22.8 Å². The molecule has 0 aliphatic carbocycles. The molecule has 0 spiro atoms. The van der Waals surface area contributed by atoms with E-state index in [0.717, 1.165) is 53.8 Å². The van der Waals surface area contributed by atoms with Crippen molar-refractivity contribution in [1.82, 2.24) is 15.1 Å². The average molecular weight is 590 g/mol. The molecule has 2 aromatic heterocycles. The fourth-order valence-corrected chi connectivity index (χ4v) is 5.84. The molecule has 1 fully saturated rings. The number of furan rings is 1. The van der Waals surface area contributed by atoms with Crippen molar-refractivity contribution in [2.24, 2.45) is 5.92 Å². The number of aryl methyl sites for hydroxylation is 1. The predicted octanol–water partition coefficient (Wildman–Crippen LogP) is 7.83. The van der Waals surface area contributed by atoms with Crippen molar-refractivity contribution in [3.8, 4) is 5.69 Å². The molecular formula is C36H39N5O3. The molecule has 6 rings (SSSR count). The van der Waals surface area contributed by atoms with E-state index in [1.165, 1.54) is 0 Å². The molecule has 0 saturated carbocycles. The van der Waals surface area contributed by atoms with Crippen molar-refractivity contribution >= 4 is 34.3 Å². The van der Waals surface area contributed by atoms with Crippen LogP contribution in [0.1, 0.15) is 66.9 Å². The molecule has 226 valence electrons. The lowest BCUT2D eigenvalue weighted by Gasteiger charge is -2.29. The highest BCUT2D eigenvalue weighted by Gasteiger charge is 2.33. The van der Waals surface area contributed by atoms with Crippen molar-refractivity contribution in [2.75, 3.05) is 23.7 Å². The number of hydrogen-bond acceptors (Lipinski definition) is 5. The van der Waals surface area contributed by atoms with E-state index in [4.69, 9.17) is 9.52 Å².